The van der Waals surface area contributed by atoms with Crippen LogP contribution < -0.4 is 4.74 Å². The lowest BCUT2D eigenvalue weighted by atomic mass is 9.89. The Morgan fingerprint density at radius 2 is 1.97 bits per heavy atom. The molecular formula is C21H25F3O6. The average Bonchev–Trinajstić information content (AvgIpc) is 2.93. The first-order valence-corrected chi connectivity index (χ1v) is 9.47. The van der Waals surface area contributed by atoms with Gasteiger partial charge in [0.1, 0.15) is 18.5 Å². The van der Waals surface area contributed by atoms with Gasteiger partial charge in [0.25, 0.3) is 0 Å². The predicted octanol–water partition coefficient (Wildman–Crippen LogP) is 2.78. The maximum Gasteiger partial charge on any atom is 0.416 e. The molecule has 5 atom stereocenters. The first-order chi connectivity index (χ1) is 14.1. The van der Waals surface area contributed by atoms with E-state index in [1.807, 2.05) is 0 Å². The van der Waals surface area contributed by atoms with E-state index in [2.05, 4.69) is 0 Å². The third-order valence-electron chi connectivity index (χ3n) is 4.92. The SMILES string of the molecule is O=C(O)CC=CCC1C(O)CC(O)C1C=CC(O)COc1cccc(C(F)(F)F)c1. The Balaban J connectivity index is 1.92. The third kappa shape index (κ3) is 7.16. The molecule has 4 N–H and O–H groups in total. The van der Waals surface area contributed by atoms with Crippen molar-refractivity contribution in [2.75, 3.05) is 6.61 Å². The van der Waals surface area contributed by atoms with Crippen LogP contribution in [-0.2, 0) is 11.0 Å². The van der Waals surface area contributed by atoms with Gasteiger partial charge in [0, 0.05) is 12.3 Å². The molecular weight excluding hydrogens is 405 g/mol. The fourth-order valence-electron chi connectivity index (χ4n) is 3.40. The molecule has 1 aromatic carbocycles. The van der Waals surface area contributed by atoms with Crippen LogP contribution in [-0.4, -0.2) is 51.3 Å². The molecule has 1 fully saturated rings. The molecule has 5 unspecified atom stereocenters. The van der Waals surface area contributed by atoms with Crippen molar-refractivity contribution in [3.05, 3.63) is 54.1 Å². The molecule has 9 heteroatoms. The number of benzene rings is 1. The molecule has 0 spiro atoms. The topological polar surface area (TPSA) is 107 Å². The second-order valence-electron chi connectivity index (χ2n) is 7.21. The predicted molar refractivity (Wildman–Crippen MR) is 102 cm³/mol. The standard InChI is InChI=1S/C21H25F3O6/c22-21(23,24)13-4-3-5-15(10-13)30-12-14(25)8-9-17-16(18(26)11-19(17)27)6-1-2-7-20(28)29/h1-5,8-10,14,16-19,25-27H,6-7,11-12H2,(H,28,29). The van der Waals surface area contributed by atoms with Crippen molar-refractivity contribution >= 4 is 5.97 Å². The highest BCUT2D eigenvalue weighted by atomic mass is 19.4. The van der Waals surface area contributed by atoms with Crippen LogP contribution in [0.2, 0.25) is 0 Å². The van der Waals surface area contributed by atoms with Crippen molar-refractivity contribution in [1.82, 2.24) is 0 Å². The maximum absolute atomic E-state index is 12.7. The van der Waals surface area contributed by atoms with E-state index in [1.54, 1.807) is 12.2 Å². The van der Waals surface area contributed by atoms with E-state index in [-0.39, 0.29) is 31.1 Å². The number of carboxylic acid groups (broad SMARTS) is 1. The van der Waals surface area contributed by atoms with Crippen LogP contribution in [0.25, 0.3) is 0 Å². The minimum absolute atomic E-state index is 0.0324. The molecule has 1 aliphatic carbocycles. The fraction of sp³-hybridized carbons (Fsp3) is 0.476. The number of aliphatic hydroxyl groups is 3. The van der Waals surface area contributed by atoms with Gasteiger partial charge < -0.3 is 25.2 Å². The van der Waals surface area contributed by atoms with Crippen LogP contribution in [0.5, 0.6) is 5.75 Å². The molecule has 1 aromatic rings. The number of aliphatic carboxylic acids is 1. The Labute approximate surface area is 171 Å². The van der Waals surface area contributed by atoms with Gasteiger partial charge in [0.15, 0.2) is 0 Å². The van der Waals surface area contributed by atoms with E-state index in [1.165, 1.54) is 24.3 Å². The molecule has 166 valence electrons. The van der Waals surface area contributed by atoms with Crippen LogP contribution in [0.15, 0.2) is 48.6 Å². The summed E-state index contributed by atoms with van der Waals surface area (Å²) in [5, 5.41) is 39.0. The number of carbonyl (C=O) groups is 1. The summed E-state index contributed by atoms with van der Waals surface area (Å²) in [4.78, 5) is 10.5. The van der Waals surface area contributed by atoms with Gasteiger partial charge in [-0.1, -0.05) is 30.4 Å². The summed E-state index contributed by atoms with van der Waals surface area (Å²) in [5.74, 6) is -1.82. The summed E-state index contributed by atoms with van der Waals surface area (Å²) in [6.45, 7) is -0.285. The van der Waals surface area contributed by atoms with E-state index < -0.39 is 41.9 Å². The zero-order chi connectivity index (χ0) is 22.3. The second-order valence-corrected chi connectivity index (χ2v) is 7.21. The number of rotatable bonds is 9. The number of hydrogen-bond acceptors (Lipinski definition) is 5. The summed E-state index contributed by atoms with van der Waals surface area (Å²) < 4.78 is 43.4. The van der Waals surface area contributed by atoms with Gasteiger partial charge in [0.05, 0.1) is 24.2 Å². The molecule has 6 nitrogen and oxygen atoms in total. The number of alkyl halides is 3. The molecule has 0 heterocycles. The number of ether oxygens (including phenoxy) is 1. The quantitative estimate of drug-likeness (QED) is 0.449. The van der Waals surface area contributed by atoms with Crippen molar-refractivity contribution in [2.24, 2.45) is 11.8 Å². The normalized spacial score (nSPS) is 25.8. The van der Waals surface area contributed by atoms with Gasteiger partial charge in [-0.25, -0.2) is 0 Å². The van der Waals surface area contributed by atoms with Crippen molar-refractivity contribution < 1.29 is 43.1 Å². The fourth-order valence-corrected chi connectivity index (χ4v) is 3.40. The van der Waals surface area contributed by atoms with E-state index >= 15 is 0 Å². The minimum atomic E-state index is -4.49. The van der Waals surface area contributed by atoms with Crippen molar-refractivity contribution in [1.29, 1.82) is 0 Å². The van der Waals surface area contributed by atoms with Crippen LogP contribution in [0, 0.1) is 11.8 Å². The van der Waals surface area contributed by atoms with E-state index in [0.717, 1.165) is 12.1 Å². The molecule has 1 aliphatic rings. The van der Waals surface area contributed by atoms with Gasteiger partial charge in [-0.2, -0.15) is 13.2 Å². The largest absolute Gasteiger partial charge is 0.491 e. The van der Waals surface area contributed by atoms with Gasteiger partial charge >= 0.3 is 12.1 Å². The Kier molecular flexibility index (Phi) is 8.45. The Hall–Kier alpha value is -2.36. The molecule has 0 bridgehead atoms. The van der Waals surface area contributed by atoms with Crippen molar-refractivity contribution in [3.8, 4) is 5.75 Å². The summed E-state index contributed by atoms with van der Waals surface area (Å²) in [5.41, 5.74) is -0.855. The molecule has 0 saturated heterocycles. The van der Waals surface area contributed by atoms with E-state index in [0.29, 0.717) is 6.42 Å². The number of carboxylic acids is 1. The number of allylic oxidation sites excluding steroid dienone is 1. The van der Waals surface area contributed by atoms with Crippen LogP contribution in [0.4, 0.5) is 13.2 Å². The number of halogens is 3. The Morgan fingerprint density at radius 1 is 1.23 bits per heavy atom. The molecule has 30 heavy (non-hydrogen) atoms. The molecule has 0 aromatic heterocycles. The highest BCUT2D eigenvalue weighted by molar-refractivity contribution is 5.68. The third-order valence-corrected chi connectivity index (χ3v) is 4.92. The van der Waals surface area contributed by atoms with E-state index in [9.17, 15) is 33.3 Å². The Morgan fingerprint density at radius 3 is 2.63 bits per heavy atom. The number of aliphatic hydroxyl groups excluding tert-OH is 3. The highest BCUT2D eigenvalue weighted by Crippen LogP contribution is 2.36. The molecule has 0 radical (unpaired) electrons. The van der Waals surface area contributed by atoms with E-state index in [4.69, 9.17) is 9.84 Å². The van der Waals surface area contributed by atoms with Crippen LogP contribution >= 0.6 is 0 Å². The van der Waals surface area contributed by atoms with Crippen LogP contribution in [0.1, 0.15) is 24.8 Å². The highest BCUT2D eigenvalue weighted by Gasteiger charge is 2.39. The summed E-state index contributed by atoms with van der Waals surface area (Å²) in [6.07, 6.45) is -0.832. The lowest BCUT2D eigenvalue weighted by Gasteiger charge is -2.19. The maximum atomic E-state index is 12.7. The molecule has 0 amide bonds. The summed E-state index contributed by atoms with van der Waals surface area (Å²) >= 11 is 0. The first kappa shape index (κ1) is 23.9. The second kappa shape index (κ2) is 10.6. The number of hydrogen-bond donors (Lipinski definition) is 4. The zero-order valence-corrected chi connectivity index (χ0v) is 16.1. The molecule has 2 rings (SSSR count). The van der Waals surface area contributed by atoms with Gasteiger partial charge in [-0.05, 0) is 30.5 Å². The van der Waals surface area contributed by atoms with Gasteiger partial charge in [-0.3, -0.25) is 4.79 Å². The van der Waals surface area contributed by atoms with Gasteiger partial charge in [0.2, 0.25) is 0 Å². The smallest absolute Gasteiger partial charge is 0.416 e. The minimum Gasteiger partial charge on any atom is -0.491 e. The zero-order valence-electron chi connectivity index (χ0n) is 16.1. The lowest BCUT2D eigenvalue weighted by molar-refractivity contribution is -0.138. The molecule has 1 saturated carbocycles. The molecule has 0 aliphatic heterocycles. The van der Waals surface area contributed by atoms with Gasteiger partial charge in [-0.15, -0.1) is 0 Å². The lowest BCUT2D eigenvalue weighted by Crippen LogP contribution is -2.21. The monoisotopic (exact) mass is 430 g/mol. The average molecular weight is 430 g/mol. The Bertz CT molecular complexity index is 761. The summed E-state index contributed by atoms with van der Waals surface area (Å²) in [7, 11) is 0. The summed E-state index contributed by atoms with van der Waals surface area (Å²) in [6, 6.07) is 4.31. The van der Waals surface area contributed by atoms with Crippen molar-refractivity contribution in [3.63, 3.8) is 0 Å². The first-order valence-electron chi connectivity index (χ1n) is 9.47. The van der Waals surface area contributed by atoms with Crippen molar-refractivity contribution in [2.45, 2.75) is 43.8 Å². The van der Waals surface area contributed by atoms with Crippen LogP contribution in [0.3, 0.4) is 0 Å².